The Kier molecular flexibility index (Phi) is 4.42. The molecule has 1 heterocycles. The first-order valence-electron chi connectivity index (χ1n) is 6.36. The van der Waals surface area contributed by atoms with Crippen LogP contribution in [0.25, 0.3) is 0 Å². The summed E-state index contributed by atoms with van der Waals surface area (Å²) in [4.78, 5) is 13.0. The minimum atomic E-state index is -0.339. The van der Waals surface area contributed by atoms with Crippen molar-refractivity contribution in [3.05, 3.63) is 32.8 Å². The van der Waals surface area contributed by atoms with Crippen molar-refractivity contribution in [1.82, 2.24) is 4.90 Å². The predicted octanol–water partition coefficient (Wildman–Crippen LogP) is 3.11. The van der Waals surface area contributed by atoms with Crippen molar-refractivity contribution < 1.29 is 4.92 Å². The molecule has 0 saturated carbocycles. The van der Waals surface area contributed by atoms with E-state index in [2.05, 4.69) is 40.1 Å². The summed E-state index contributed by atoms with van der Waals surface area (Å²) in [6, 6.07) is 5.29. The van der Waals surface area contributed by atoms with Crippen molar-refractivity contribution in [3.8, 4) is 0 Å². The smallest absolute Gasteiger partial charge is 0.292 e. The van der Waals surface area contributed by atoms with Gasteiger partial charge in [-0.2, -0.15) is 0 Å². The zero-order valence-electron chi connectivity index (χ0n) is 11.1. The predicted molar refractivity (Wildman–Crippen MR) is 79.5 cm³/mol. The Morgan fingerprint density at radius 3 is 2.89 bits per heavy atom. The number of nitrogens with zero attached hydrogens (tertiary/aromatic N) is 2. The van der Waals surface area contributed by atoms with Crippen LogP contribution in [0.1, 0.15) is 13.3 Å². The van der Waals surface area contributed by atoms with Gasteiger partial charge >= 0.3 is 0 Å². The SMILES string of the molecule is CC1CN(C)CCC1Nc1cc(Br)ccc1[N+](=O)[O-]. The van der Waals surface area contributed by atoms with Crippen molar-refractivity contribution >= 4 is 27.3 Å². The van der Waals surface area contributed by atoms with Gasteiger partial charge in [0.15, 0.2) is 0 Å². The fourth-order valence-corrected chi connectivity index (χ4v) is 2.91. The van der Waals surface area contributed by atoms with Crippen LogP contribution < -0.4 is 5.32 Å². The van der Waals surface area contributed by atoms with E-state index in [0.717, 1.165) is 24.0 Å². The van der Waals surface area contributed by atoms with Crippen molar-refractivity contribution in [3.63, 3.8) is 0 Å². The lowest BCUT2D eigenvalue weighted by atomic mass is 9.94. The fraction of sp³-hybridized carbons (Fsp3) is 0.538. The van der Waals surface area contributed by atoms with Gasteiger partial charge in [-0.15, -0.1) is 0 Å². The number of piperidine rings is 1. The number of hydrogen-bond acceptors (Lipinski definition) is 4. The number of anilines is 1. The number of benzene rings is 1. The Labute approximate surface area is 121 Å². The van der Waals surface area contributed by atoms with Crippen molar-refractivity contribution in [2.24, 2.45) is 5.92 Å². The molecule has 104 valence electrons. The maximum Gasteiger partial charge on any atom is 0.292 e. The van der Waals surface area contributed by atoms with Crippen molar-refractivity contribution in [1.29, 1.82) is 0 Å². The van der Waals surface area contributed by atoms with E-state index in [1.54, 1.807) is 12.1 Å². The topological polar surface area (TPSA) is 58.4 Å². The monoisotopic (exact) mass is 327 g/mol. The molecule has 0 spiro atoms. The van der Waals surface area contributed by atoms with Crippen LogP contribution in [-0.2, 0) is 0 Å². The average molecular weight is 328 g/mol. The highest BCUT2D eigenvalue weighted by atomic mass is 79.9. The molecule has 0 aromatic heterocycles. The second-order valence-electron chi connectivity index (χ2n) is 5.20. The van der Waals surface area contributed by atoms with Crippen LogP contribution in [-0.4, -0.2) is 36.0 Å². The van der Waals surface area contributed by atoms with Crippen LogP contribution in [0.3, 0.4) is 0 Å². The average Bonchev–Trinajstić information content (AvgIpc) is 2.32. The third kappa shape index (κ3) is 3.45. The van der Waals surface area contributed by atoms with Gasteiger partial charge in [0.05, 0.1) is 4.92 Å². The molecule has 2 rings (SSSR count). The van der Waals surface area contributed by atoms with Crippen molar-refractivity contribution in [2.75, 3.05) is 25.5 Å². The molecule has 1 saturated heterocycles. The standard InChI is InChI=1S/C13H18BrN3O2/c1-9-8-16(2)6-5-11(9)15-12-7-10(14)3-4-13(12)17(18)19/h3-4,7,9,11,15H,5-6,8H2,1-2H3. The molecule has 2 atom stereocenters. The van der Waals surface area contributed by atoms with E-state index in [1.807, 2.05) is 0 Å². The molecule has 1 N–H and O–H groups in total. The van der Waals surface area contributed by atoms with Gasteiger partial charge in [-0.05, 0) is 38.1 Å². The Balaban J connectivity index is 2.18. The molecule has 0 aliphatic carbocycles. The molecule has 0 bridgehead atoms. The minimum Gasteiger partial charge on any atom is -0.376 e. The van der Waals surface area contributed by atoms with Gasteiger partial charge in [0.25, 0.3) is 5.69 Å². The van der Waals surface area contributed by atoms with Crippen LogP contribution in [0.15, 0.2) is 22.7 Å². The summed E-state index contributed by atoms with van der Waals surface area (Å²) < 4.78 is 0.848. The normalized spacial score (nSPS) is 24.2. The van der Waals surface area contributed by atoms with Crippen LogP contribution in [0.2, 0.25) is 0 Å². The molecular formula is C13H18BrN3O2. The van der Waals surface area contributed by atoms with Crippen LogP contribution in [0, 0.1) is 16.0 Å². The first-order valence-corrected chi connectivity index (χ1v) is 7.15. The molecule has 0 radical (unpaired) electrons. The molecule has 1 aliphatic heterocycles. The molecule has 1 aliphatic rings. The fourth-order valence-electron chi connectivity index (χ4n) is 2.55. The van der Waals surface area contributed by atoms with E-state index in [0.29, 0.717) is 11.6 Å². The first-order chi connectivity index (χ1) is 8.97. The summed E-state index contributed by atoms with van der Waals surface area (Å²) in [5.74, 6) is 0.470. The summed E-state index contributed by atoms with van der Waals surface area (Å²) in [6.45, 7) is 4.21. The van der Waals surface area contributed by atoms with E-state index in [4.69, 9.17) is 0 Å². The van der Waals surface area contributed by atoms with E-state index in [1.165, 1.54) is 6.07 Å². The van der Waals surface area contributed by atoms with Crippen LogP contribution in [0.4, 0.5) is 11.4 Å². The first kappa shape index (κ1) is 14.3. The highest BCUT2D eigenvalue weighted by molar-refractivity contribution is 9.10. The summed E-state index contributed by atoms with van der Waals surface area (Å²) >= 11 is 3.36. The highest BCUT2D eigenvalue weighted by Gasteiger charge is 2.26. The molecular weight excluding hydrogens is 310 g/mol. The molecule has 6 heteroatoms. The summed E-state index contributed by atoms with van der Waals surface area (Å²) in [7, 11) is 2.11. The van der Waals surface area contributed by atoms with Crippen LogP contribution >= 0.6 is 15.9 Å². The minimum absolute atomic E-state index is 0.134. The molecule has 2 unspecified atom stereocenters. The zero-order valence-corrected chi connectivity index (χ0v) is 12.7. The number of nitro benzene ring substituents is 1. The van der Waals surface area contributed by atoms with Gasteiger partial charge in [-0.3, -0.25) is 10.1 Å². The molecule has 1 aromatic rings. The van der Waals surface area contributed by atoms with E-state index in [-0.39, 0.29) is 16.7 Å². The zero-order chi connectivity index (χ0) is 14.0. The Morgan fingerprint density at radius 1 is 1.53 bits per heavy atom. The van der Waals surface area contributed by atoms with Crippen LogP contribution in [0.5, 0.6) is 0 Å². The maximum absolute atomic E-state index is 11.1. The number of nitrogens with one attached hydrogen (secondary N) is 1. The molecule has 1 aromatic carbocycles. The summed E-state index contributed by atoms with van der Waals surface area (Å²) in [6.07, 6.45) is 1.00. The third-order valence-corrected chi connectivity index (χ3v) is 4.10. The second kappa shape index (κ2) is 5.88. The van der Waals surface area contributed by atoms with Gasteiger partial charge in [-0.25, -0.2) is 0 Å². The molecule has 1 fully saturated rings. The van der Waals surface area contributed by atoms with Gasteiger partial charge in [0, 0.05) is 23.1 Å². The molecule has 19 heavy (non-hydrogen) atoms. The Bertz CT molecular complexity index is 481. The lowest BCUT2D eigenvalue weighted by molar-refractivity contribution is -0.384. The van der Waals surface area contributed by atoms with E-state index in [9.17, 15) is 10.1 Å². The Hall–Kier alpha value is -1.14. The quantitative estimate of drug-likeness (QED) is 0.684. The number of nitro groups is 1. The summed E-state index contributed by atoms with van der Waals surface area (Å²) in [5, 5.41) is 14.4. The third-order valence-electron chi connectivity index (χ3n) is 3.60. The Morgan fingerprint density at radius 2 is 2.26 bits per heavy atom. The van der Waals surface area contributed by atoms with Gasteiger partial charge in [-0.1, -0.05) is 22.9 Å². The van der Waals surface area contributed by atoms with E-state index < -0.39 is 0 Å². The van der Waals surface area contributed by atoms with E-state index >= 15 is 0 Å². The van der Waals surface area contributed by atoms with Gasteiger partial charge in [0.1, 0.15) is 5.69 Å². The number of rotatable bonds is 3. The second-order valence-corrected chi connectivity index (χ2v) is 6.11. The maximum atomic E-state index is 11.1. The van der Waals surface area contributed by atoms with Crippen molar-refractivity contribution in [2.45, 2.75) is 19.4 Å². The molecule has 0 amide bonds. The number of likely N-dealkylation sites (tertiary alicyclic amines) is 1. The summed E-state index contributed by atoms with van der Waals surface area (Å²) in [5.41, 5.74) is 0.732. The van der Waals surface area contributed by atoms with Gasteiger partial charge < -0.3 is 10.2 Å². The largest absolute Gasteiger partial charge is 0.376 e. The number of halogens is 1. The molecule has 5 nitrogen and oxygen atoms in total. The van der Waals surface area contributed by atoms with Gasteiger partial charge in [0.2, 0.25) is 0 Å². The lowest BCUT2D eigenvalue weighted by Crippen LogP contribution is -2.43. The highest BCUT2D eigenvalue weighted by Crippen LogP contribution is 2.30. The number of hydrogen-bond donors (Lipinski definition) is 1. The lowest BCUT2D eigenvalue weighted by Gasteiger charge is -2.35.